The summed E-state index contributed by atoms with van der Waals surface area (Å²) in [5, 5.41) is 3.00. The van der Waals surface area contributed by atoms with Crippen LogP contribution in [0.3, 0.4) is 0 Å². The van der Waals surface area contributed by atoms with Crippen molar-refractivity contribution in [1.29, 1.82) is 0 Å². The van der Waals surface area contributed by atoms with Crippen molar-refractivity contribution >= 4 is 33.2 Å². The Hall–Kier alpha value is -2.45. The van der Waals surface area contributed by atoms with E-state index in [4.69, 9.17) is 21.1 Å². The second-order valence-electron chi connectivity index (χ2n) is 6.19. The van der Waals surface area contributed by atoms with Gasteiger partial charge in [0.1, 0.15) is 18.0 Å². The minimum atomic E-state index is -3.78. The van der Waals surface area contributed by atoms with Gasteiger partial charge in [-0.1, -0.05) is 41.4 Å². The van der Waals surface area contributed by atoms with Crippen LogP contribution in [0.15, 0.2) is 36.4 Å². The first kappa shape index (κ1) is 21.8. The lowest BCUT2D eigenvalue weighted by Crippen LogP contribution is -2.40. The SMILES string of the molecule is COc1cc(N(CC(=O)NCc2cccc(C)c2)S(C)(=O)=O)c(OC)cc1Cl. The van der Waals surface area contributed by atoms with Crippen LogP contribution >= 0.6 is 11.6 Å². The van der Waals surface area contributed by atoms with Crippen LogP contribution in [0.25, 0.3) is 0 Å². The molecule has 0 radical (unpaired) electrons. The maximum absolute atomic E-state index is 12.4. The van der Waals surface area contributed by atoms with Crippen molar-refractivity contribution in [3.05, 3.63) is 52.5 Å². The van der Waals surface area contributed by atoms with E-state index in [-0.39, 0.29) is 22.2 Å². The molecule has 2 rings (SSSR count). The number of carbonyl (C=O) groups excluding carboxylic acids is 1. The Labute approximate surface area is 170 Å². The number of halogens is 1. The standard InChI is InChI=1S/C19H23ClN2O5S/c1-13-6-5-7-14(8-13)11-21-19(23)12-22(28(4,24)25)16-10-17(26-2)15(20)9-18(16)27-3/h5-10H,11-12H2,1-4H3,(H,21,23). The summed E-state index contributed by atoms with van der Waals surface area (Å²) in [7, 11) is -0.977. The van der Waals surface area contributed by atoms with E-state index in [0.717, 1.165) is 21.7 Å². The number of nitrogens with zero attached hydrogens (tertiary/aromatic N) is 1. The van der Waals surface area contributed by atoms with Gasteiger partial charge in [-0.25, -0.2) is 8.42 Å². The van der Waals surface area contributed by atoms with E-state index in [1.165, 1.54) is 26.4 Å². The van der Waals surface area contributed by atoms with E-state index in [1.807, 2.05) is 31.2 Å². The Kier molecular flexibility index (Phi) is 7.15. The van der Waals surface area contributed by atoms with Crippen LogP contribution in [-0.2, 0) is 21.4 Å². The van der Waals surface area contributed by atoms with Gasteiger partial charge in [0.15, 0.2) is 0 Å². The van der Waals surface area contributed by atoms with Gasteiger partial charge in [-0.3, -0.25) is 9.10 Å². The highest BCUT2D eigenvalue weighted by atomic mass is 35.5. The van der Waals surface area contributed by atoms with Gasteiger partial charge in [-0.2, -0.15) is 0 Å². The maximum Gasteiger partial charge on any atom is 0.241 e. The van der Waals surface area contributed by atoms with E-state index >= 15 is 0 Å². The van der Waals surface area contributed by atoms with Crippen LogP contribution in [0.4, 0.5) is 5.69 Å². The number of anilines is 1. The number of amides is 1. The number of nitrogens with one attached hydrogen (secondary N) is 1. The number of methoxy groups -OCH3 is 2. The Morgan fingerprint density at radius 2 is 1.82 bits per heavy atom. The lowest BCUT2D eigenvalue weighted by molar-refractivity contribution is -0.119. The maximum atomic E-state index is 12.4. The van der Waals surface area contributed by atoms with Crippen molar-refractivity contribution in [3.8, 4) is 11.5 Å². The highest BCUT2D eigenvalue weighted by Crippen LogP contribution is 2.38. The van der Waals surface area contributed by atoms with E-state index < -0.39 is 22.5 Å². The van der Waals surface area contributed by atoms with Crippen molar-refractivity contribution in [3.63, 3.8) is 0 Å². The lowest BCUT2D eigenvalue weighted by atomic mass is 10.1. The van der Waals surface area contributed by atoms with Crippen molar-refractivity contribution in [1.82, 2.24) is 5.32 Å². The van der Waals surface area contributed by atoms with Gasteiger partial charge >= 0.3 is 0 Å². The molecule has 0 aromatic heterocycles. The van der Waals surface area contributed by atoms with Gasteiger partial charge in [0, 0.05) is 18.7 Å². The molecule has 0 aliphatic rings. The fraction of sp³-hybridized carbons (Fsp3) is 0.316. The number of ether oxygens (including phenoxy) is 2. The number of sulfonamides is 1. The number of aryl methyl sites for hydroxylation is 1. The van der Waals surface area contributed by atoms with Crippen molar-refractivity contribution in [2.45, 2.75) is 13.5 Å². The molecule has 0 bridgehead atoms. The average Bonchev–Trinajstić information content (AvgIpc) is 2.63. The minimum Gasteiger partial charge on any atom is -0.495 e. The van der Waals surface area contributed by atoms with E-state index in [2.05, 4.69) is 5.32 Å². The molecule has 0 spiro atoms. The fourth-order valence-electron chi connectivity index (χ4n) is 2.63. The van der Waals surface area contributed by atoms with Gasteiger partial charge in [-0.15, -0.1) is 0 Å². The third-order valence-electron chi connectivity index (χ3n) is 3.98. The molecule has 2 aromatic carbocycles. The van der Waals surface area contributed by atoms with E-state index in [0.29, 0.717) is 6.54 Å². The van der Waals surface area contributed by atoms with Crippen molar-refractivity contribution in [2.75, 3.05) is 31.3 Å². The molecular weight excluding hydrogens is 404 g/mol. The third kappa shape index (κ3) is 5.53. The molecule has 0 aliphatic carbocycles. The molecule has 0 saturated carbocycles. The molecule has 0 atom stereocenters. The highest BCUT2D eigenvalue weighted by molar-refractivity contribution is 7.92. The molecular formula is C19H23ClN2O5S. The molecule has 7 nitrogen and oxygen atoms in total. The molecule has 0 unspecified atom stereocenters. The molecule has 0 fully saturated rings. The predicted molar refractivity (Wildman–Crippen MR) is 110 cm³/mol. The fourth-order valence-corrected chi connectivity index (χ4v) is 3.71. The molecule has 0 saturated heterocycles. The summed E-state index contributed by atoms with van der Waals surface area (Å²) in [6.07, 6.45) is 1.02. The van der Waals surface area contributed by atoms with Crippen LogP contribution in [0.1, 0.15) is 11.1 Å². The summed E-state index contributed by atoms with van der Waals surface area (Å²) >= 11 is 6.08. The summed E-state index contributed by atoms with van der Waals surface area (Å²) in [4.78, 5) is 12.4. The topological polar surface area (TPSA) is 84.9 Å². The Morgan fingerprint density at radius 3 is 2.39 bits per heavy atom. The second-order valence-corrected chi connectivity index (χ2v) is 8.51. The van der Waals surface area contributed by atoms with Gasteiger partial charge < -0.3 is 14.8 Å². The molecule has 28 heavy (non-hydrogen) atoms. The smallest absolute Gasteiger partial charge is 0.241 e. The Bertz CT molecular complexity index is 963. The van der Waals surface area contributed by atoms with Gasteiger partial charge in [0.25, 0.3) is 0 Å². The minimum absolute atomic E-state index is 0.164. The molecule has 1 amide bonds. The first-order valence-corrected chi connectivity index (χ1v) is 10.6. The molecule has 152 valence electrons. The summed E-state index contributed by atoms with van der Waals surface area (Å²) in [5.74, 6) is 0.0249. The summed E-state index contributed by atoms with van der Waals surface area (Å²) < 4.78 is 36.1. The van der Waals surface area contributed by atoms with Crippen LogP contribution in [-0.4, -0.2) is 41.3 Å². The number of carbonyl (C=O) groups is 1. The number of hydrogen-bond donors (Lipinski definition) is 1. The van der Waals surface area contributed by atoms with Crippen molar-refractivity contribution < 1.29 is 22.7 Å². The van der Waals surface area contributed by atoms with Crippen LogP contribution < -0.4 is 19.1 Å². The first-order chi connectivity index (χ1) is 13.2. The molecule has 0 heterocycles. The average molecular weight is 427 g/mol. The normalized spacial score (nSPS) is 11.0. The van der Waals surface area contributed by atoms with E-state index in [9.17, 15) is 13.2 Å². The number of benzene rings is 2. The monoisotopic (exact) mass is 426 g/mol. The molecule has 2 aromatic rings. The van der Waals surface area contributed by atoms with Gasteiger partial charge in [0.05, 0.1) is 31.2 Å². The summed E-state index contributed by atoms with van der Waals surface area (Å²) in [6.45, 7) is 1.84. The highest BCUT2D eigenvalue weighted by Gasteiger charge is 2.25. The number of rotatable bonds is 8. The Morgan fingerprint density at radius 1 is 1.14 bits per heavy atom. The lowest BCUT2D eigenvalue weighted by Gasteiger charge is -2.24. The third-order valence-corrected chi connectivity index (χ3v) is 5.40. The molecule has 0 aliphatic heterocycles. The first-order valence-electron chi connectivity index (χ1n) is 8.37. The summed E-state index contributed by atoms with van der Waals surface area (Å²) in [5.41, 5.74) is 2.16. The van der Waals surface area contributed by atoms with Crippen LogP contribution in [0, 0.1) is 6.92 Å². The molecule has 9 heteroatoms. The van der Waals surface area contributed by atoms with Gasteiger partial charge in [-0.05, 0) is 12.5 Å². The molecule has 1 N–H and O–H groups in total. The zero-order valence-corrected chi connectivity index (χ0v) is 17.7. The largest absolute Gasteiger partial charge is 0.495 e. The second kappa shape index (κ2) is 9.16. The van der Waals surface area contributed by atoms with Crippen LogP contribution in [0.2, 0.25) is 5.02 Å². The van der Waals surface area contributed by atoms with Gasteiger partial charge in [0.2, 0.25) is 15.9 Å². The van der Waals surface area contributed by atoms with E-state index in [1.54, 1.807) is 0 Å². The quantitative estimate of drug-likeness (QED) is 0.701. The van der Waals surface area contributed by atoms with Crippen LogP contribution in [0.5, 0.6) is 11.5 Å². The summed E-state index contributed by atoms with van der Waals surface area (Å²) in [6, 6.07) is 10.5. The Balaban J connectivity index is 2.26. The zero-order valence-electron chi connectivity index (χ0n) is 16.2. The number of hydrogen-bond acceptors (Lipinski definition) is 5. The van der Waals surface area contributed by atoms with Crippen molar-refractivity contribution in [2.24, 2.45) is 0 Å². The predicted octanol–water partition coefficient (Wildman–Crippen LogP) is 2.75. The zero-order chi connectivity index (χ0) is 20.9.